The summed E-state index contributed by atoms with van der Waals surface area (Å²) in [6.45, 7) is 22.2. The van der Waals surface area contributed by atoms with Crippen molar-refractivity contribution in [1.29, 1.82) is 0 Å². The molecule has 1 N–H and O–H groups in total. The Morgan fingerprint density at radius 3 is 1.98 bits per heavy atom. The Bertz CT molecular complexity index is 1270. The van der Waals surface area contributed by atoms with Crippen molar-refractivity contribution >= 4 is 43.2 Å². The van der Waals surface area contributed by atoms with Gasteiger partial charge in [0.25, 0.3) is 0 Å². The second kappa shape index (κ2) is 15.9. The summed E-state index contributed by atoms with van der Waals surface area (Å²) >= 11 is 0. The van der Waals surface area contributed by atoms with Crippen LogP contribution in [0.1, 0.15) is 53.4 Å². The summed E-state index contributed by atoms with van der Waals surface area (Å²) in [6, 6.07) is 16.6. The molecule has 1 aromatic heterocycles. The van der Waals surface area contributed by atoms with Gasteiger partial charge >= 0.3 is 0 Å². The van der Waals surface area contributed by atoms with Crippen LogP contribution in [0.4, 0.5) is 0 Å². The molecule has 0 unspecified atom stereocenters. The molecule has 40 heavy (non-hydrogen) atoms. The Morgan fingerprint density at radius 2 is 1.45 bits per heavy atom. The zero-order valence-electron chi connectivity index (χ0n) is 26.2. The number of carbonyl (C=O) groups excluding carboxylic acids is 1. The SMILES string of the molecule is CCC(CC)C(=O)/C=C(\O)C(CC)CC.C[Si](C)(C)c1cc(-c2[c-]c3ccccc3c([Si](C)(C)C)c2)ncn1.[Ir]. The van der Waals surface area contributed by atoms with Crippen LogP contribution in [0, 0.1) is 17.9 Å². The number of ketones is 1. The molecule has 1 heterocycles. The van der Waals surface area contributed by atoms with Crippen LogP contribution in [0.25, 0.3) is 22.0 Å². The molecule has 0 bridgehead atoms. The maximum absolute atomic E-state index is 11.7. The average Bonchev–Trinajstić information content (AvgIpc) is 2.89. The minimum atomic E-state index is -1.47. The topological polar surface area (TPSA) is 63.1 Å². The normalized spacial score (nSPS) is 12.2. The summed E-state index contributed by atoms with van der Waals surface area (Å²) in [4.78, 5) is 20.8. The number of aliphatic hydroxyl groups excluding tert-OH is 1. The van der Waals surface area contributed by atoms with Gasteiger partial charge in [-0.15, -0.1) is 28.8 Å². The second-order valence-electron chi connectivity index (χ2n) is 12.4. The number of hydrogen-bond acceptors (Lipinski definition) is 4. The molecule has 0 fully saturated rings. The standard InChI is InChI=1S/C20H25N2Si2.C13H24O2.Ir/c1-23(2,3)19-12-16(11-15-9-7-8-10-17(15)19)18-13-20(22-14-21-18)24(4,5)6;1-5-10(6-2)12(14)9-13(15)11(7-3)8-4;/h7-10,12-14H,1-6H3;9-11,14H,5-8H2,1-4H3;/q-1;;/b;12-9-;. The fourth-order valence-corrected chi connectivity index (χ4v) is 7.30. The van der Waals surface area contributed by atoms with E-state index in [2.05, 4.69) is 91.7 Å². The van der Waals surface area contributed by atoms with Crippen molar-refractivity contribution in [3.8, 4) is 11.3 Å². The molecule has 221 valence electrons. The third kappa shape index (κ3) is 9.86. The monoisotopic (exact) mass is 754 g/mol. The van der Waals surface area contributed by atoms with Crippen molar-refractivity contribution in [1.82, 2.24) is 9.97 Å². The fourth-order valence-electron chi connectivity index (χ4n) is 4.68. The molecule has 2 aromatic carbocycles. The van der Waals surface area contributed by atoms with Crippen molar-refractivity contribution in [2.45, 2.75) is 92.7 Å². The van der Waals surface area contributed by atoms with Crippen molar-refractivity contribution < 1.29 is 30.0 Å². The average molecular weight is 754 g/mol. The maximum Gasteiger partial charge on any atom is 0.162 e. The molecule has 3 rings (SSSR count). The molecule has 0 saturated carbocycles. The summed E-state index contributed by atoms with van der Waals surface area (Å²) < 4.78 is 0. The molecule has 1 radical (unpaired) electrons. The van der Waals surface area contributed by atoms with E-state index in [4.69, 9.17) is 0 Å². The van der Waals surface area contributed by atoms with E-state index < -0.39 is 16.1 Å². The van der Waals surface area contributed by atoms with Gasteiger partial charge in [-0.25, -0.2) is 4.98 Å². The third-order valence-electron chi connectivity index (χ3n) is 7.38. The maximum atomic E-state index is 11.7. The predicted molar refractivity (Wildman–Crippen MR) is 174 cm³/mol. The Morgan fingerprint density at radius 1 is 0.875 bits per heavy atom. The first-order chi connectivity index (χ1) is 18.3. The zero-order chi connectivity index (χ0) is 29.4. The summed E-state index contributed by atoms with van der Waals surface area (Å²) in [7, 11) is -2.92. The molecule has 0 amide bonds. The molecule has 7 heteroatoms. The van der Waals surface area contributed by atoms with Gasteiger partial charge in [-0.1, -0.05) is 102 Å². The van der Waals surface area contributed by atoms with Crippen molar-refractivity contribution in [2.75, 3.05) is 0 Å². The van der Waals surface area contributed by atoms with Crippen LogP contribution in [0.15, 0.2) is 54.6 Å². The van der Waals surface area contributed by atoms with E-state index in [9.17, 15) is 9.90 Å². The molecule has 0 saturated heterocycles. The molecular formula is C33H49IrN2O2Si2-. The Balaban J connectivity index is 0.000000437. The molecule has 0 aliphatic rings. The first-order valence-electron chi connectivity index (χ1n) is 14.5. The van der Waals surface area contributed by atoms with Gasteiger partial charge in [0.1, 0.15) is 14.4 Å². The summed E-state index contributed by atoms with van der Waals surface area (Å²) in [5, 5.41) is 14.9. The number of rotatable bonds is 10. The number of aromatic nitrogens is 2. The summed E-state index contributed by atoms with van der Waals surface area (Å²) in [5.74, 6) is 0.547. The number of nitrogens with zero attached hydrogens (tertiary/aromatic N) is 2. The number of allylic oxidation sites excluding steroid dienone is 2. The van der Waals surface area contributed by atoms with Gasteiger partial charge in [-0.3, -0.25) is 9.78 Å². The first-order valence-corrected chi connectivity index (χ1v) is 21.5. The quantitative estimate of drug-likeness (QED) is 0.0986. The van der Waals surface area contributed by atoms with Crippen molar-refractivity contribution in [2.24, 2.45) is 11.8 Å². The number of fused-ring (bicyclic) bond motifs is 1. The summed E-state index contributed by atoms with van der Waals surface area (Å²) in [5.41, 5.74) is 2.08. The third-order valence-corrected chi connectivity index (χ3v) is 11.2. The molecule has 0 spiro atoms. The Labute approximate surface area is 258 Å². The van der Waals surface area contributed by atoms with E-state index in [-0.39, 0.29) is 43.5 Å². The van der Waals surface area contributed by atoms with E-state index in [0.29, 0.717) is 0 Å². The van der Waals surface area contributed by atoms with Crippen LogP contribution in [0.3, 0.4) is 0 Å². The molecule has 0 aliphatic carbocycles. The summed E-state index contributed by atoms with van der Waals surface area (Å²) in [6.07, 6.45) is 6.61. The van der Waals surface area contributed by atoms with E-state index in [1.54, 1.807) is 6.33 Å². The van der Waals surface area contributed by atoms with Gasteiger partial charge in [0.05, 0.1) is 13.8 Å². The van der Waals surface area contributed by atoms with Crippen LogP contribution < -0.4 is 10.5 Å². The number of aliphatic hydroxyl groups is 1. The van der Waals surface area contributed by atoms with Gasteiger partial charge in [-0.05, 0) is 25.7 Å². The van der Waals surface area contributed by atoms with E-state index in [0.717, 1.165) is 36.9 Å². The minimum Gasteiger partial charge on any atom is -0.512 e. The van der Waals surface area contributed by atoms with E-state index in [1.807, 2.05) is 27.7 Å². The van der Waals surface area contributed by atoms with Gasteiger partial charge in [-0.2, -0.15) is 0 Å². The number of carbonyl (C=O) groups is 1. The van der Waals surface area contributed by atoms with Crippen LogP contribution in [-0.4, -0.2) is 37.0 Å². The number of hydrogen-bond donors (Lipinski definition) is 1. The van der Waals surface area contributed by atoms with Crippen LogP contribution in [0.5, 0.6) is 0 Å². The van der Waals surface area contributed by atoms with Gasteiger partial charge in [0.2, 0.25) is 0 Å². The van der Waals surface area contributed by atoms with Gasteiger partial charge in [0.15, 0.2) is 5.78 Å². The van der Waals surface area contributed by atoms with E-state index >= 15 is 0 Å². The zero-order valence-corrected chi connectivity index (χ0v) is 30.6. The van der Waals surface area contributed by atoms with Gasteiger partial charge < -0.3 is 5.11 Å². The Hall–Kier alpha value is -1.93. The van der Waals surface area contributed by atoms with Crippen molar-refractivity contribution in [3.63, 3.8) is 0 Å². The predicted octanol–water partition coefficient (Wildman–Crippen LogP) is 8.05. The fraction of sp³-hybridized carbons (Fsp3) is 0.485. The molecule has 0 atom stereocenters. The molecule has 3 aromatic rings. The molecule has 4 nitrogen and oxygen atoms in total. The first kappa shape index (κ1) is 36.1. The van der Waals surface area contributed by atoms with Crippen LogP contribution in [-0.2, 0) is 24.9 Å². The molecule has 0 aliphatic heterocycles. The second-order valence-corrected chi connectivity index (χ2v) is 22.5. The van der Waals surface area contributed by atoms with Crippen molar-refractivity contribution in [3.05, 3.63) is 60.6 Å². The smallest absolute Gasteiger partial charge is 0.162 e. The molecular weight excluding hydrogens is 705 g/mol. The minimum absolute atomic E-state index is 0. The van der Waals surface area contributed by atoms with Gasteiger partial charge in [0, 0.05) is 49.0 Å². The number of benzene rings is 2. The Kier molecular flexibility index (Phi) is 14.4. The largest absolute Gasteiger partial charge is 0.512 e. The van der Waals surface area contributed by atoms with E-state index in [1.165, 1.54) is 27.4 Å². The van der Waals surface area contributed by atoms with Crippen LogP contribution >= 0.6 is 0 Å². The van der Waals surface area contributed by atoms with Crippen LogP contribution in [0.2, 0.25) is 39.3 Å².